The van der Waals surface area contributed by atoms with E-state index in [2.05, 4.69) is 22.4 Å². The Morgan fingerprint density at radius 2 is 2.15 bits per heavy atom. The van der Waals surface area contributed by atoms with Crippen molar-refractivity contribution in [3.05, 3.63) is 45.8 Å². The molecule has 0 radical (unpaired) electrons. The lowest BCUT2D eigenvalue weighted by Crippen LogP contribution is -2.02. The highest BCUT2D eigenvalue weighted by Crippen LogP contribution is 2.36. The number of carbonyl (C=O) groups excluding carboxylic acids is 1. The molecule has 102 valence electrons. The van der Waals surface area contributed by atoms with Gasteiger partial charge in [0.15, 0.2) is 5.78 Å². The molecule has 2 rings (SSSR count). The van der Waals surface area contributed by atoms with Gasteiger partial charge in [-0.25, -0.2) is 0 Å². The number of ketones is 1. The van der Waals surface area contributed by atoms with Gasteiger partial charge in [-0.3, -0.25) is 4.79 Å². The summed E-state index contributed by atoms with van der Waals surface area (Å²) in [6.45, 7) is 3.88. The van der Waals surface area contributed by atoms with Gasteiger partial charge in [0.05, 0.1) is 17.8 Å². The predicted octanol–water partition coefficient (Wildman–Crippen LogP) is 4.34. The average molecular weight is 303 g/mol. The van der Waals surface area contributed by atoms with Gasteiger partial charge in [-0.15, -0.1) is 11.3 Å². The van der Waals surface area contributed by atoms with Crippen molar-refractivity contribution in [1.82, 2.24) is 0 Å². The van der Waals surface area contributed by atoms with Gasteiger partial charge >= 0.3 is 0 Å². The minimum atomic E-state index is -0.0743. The van der Waals surface area contributed by atoms with Gasteiger partial charge in [0, 0.05) is 10.4 Å². The van der Waals surface area contributed by atoms with Crippen LogP contribution in [0.25, 0.3) is 0 Å². The number of methoxy groups -OCH3 is 1. The summed E-state index contributed by atoms with van der Waals surface area (Å²) < 4.78 is 5.15. The molecule has 0 aliphatic heterocycles. The molecule has 1 aromatic heterocycles. The average Bonchev–Trinajstić information content (AvgIpc) is 2.74. The number of nitrogens with zero attached hydrogens (tertiary/aromatic N) is 1. The summed E-state index contributed by atoms with van der Waals surface area (Å²) in [6, 6.07) is 7.09. The van der Waals surface area contributed by atoms with Crippen LogP contribution in [-0.4, -0.2) is 18.1 Å². The molecule has 2 aromatic rings. The summed E-state index contributed by atoms with van der Waals surface area (Å²) in [4.78, 5) is 17.7. The Morgan fingerprint density at radius 3 is 2.80 bits per heavy atom. The van der Waals surface area contributed by atoms with Crippen LogP contribution >= 0.6 is 23.6 Å². The van der Waals surface area contributed by atoms with Crippen molar-refractivity contribution in [3.63, 3.8) is 0 Å². The zero-order chi connectivity index (χ0) is 14.7. The lowest BCUT2D eigenvalue weighted by atomic mass is 10.0. The number of carbonyl (C=O) groups is 1. The zero-order valence-corrected chi connectivity index (χ0v) is 13.0. The SMILES string of the molecule is COc1cccc(C(=O)c2c(N=C=S)sc(C)c2C)c1. The van der Waals surface area contributed by atoms with Crippen LogP contribution in [0.15, 0.2) is 29.3 Å². The smallest absolute Gasteiger partial charge is 0.196 e. The fourth-order valence-corrected chi connectivity index (χ4v) is 3.04. The number of benzene rings is 1. The van der Waals surface area contributed by atoms with E-state index < -0.39 is 0 Å². The zero-order valence-electron chi connectivity index (χ0n) is 11.4. The third-order valence-corrected chi connectivity index (χ3v) is 4.27. The number of rotatable bonds is 4. The Morgan fingerprint density at radius 1 is 1.40 bits per heavy atom. The van der Waals surface area contributed by atoms with Crippen LogP contribution in [-0.2, 0) is 0 Å². The van der Waals surface area contributed by atoms with Crippen LogP contribution in [0.1, 0.15) is 26.4 Å². The molecule has 1 heterocycles. The molecule has 0 N–H and O–H groups in total. The molecular weight excluding hydrogens is 290 g/mol. The lowest BCUT2D eigenvalue weighted by Gasteiger charge is -2.04. The Labute approximate surface area is 126 Å². The summed E-state index contributed by atoms with van der Waals surface area (Å²) in [7, 11) is 1.57. The second-order valence-corrected chi connectivity index (χ2v) is 5.61. The molecule has 0 unspecified atom stereocenters. The number of aryl methyl sites for hydroxylation is 1. The topological polar surface area (TPSA) is 38.7 Å². The fourth-order valence-electron chi connectivity index (χ4n) is 1.91. The number of aliphatic imine (C=N–C) groups is 1. The monoisotopic (exact) mass is 303 g/mol. The highest BCUT2D eigenvalue weighted by molar-refractivity contribution is 7.78. The fraction of sp³-hybridized carbons (Fsp3) is 0.200. The molecule has 0 aliphatic carbocycles. The first kappa shape index (κ1) is 14.6. The normalized spacial score (nSPS) is 9.95. The van der Waals surface area contributed by atoms with Crippen LogP contribution in [0.5, 0.6) is 5.75 Å². The molecule has 0 aliphatic rings. The van der Waals surface area contributed by atoms with Crippen molar-refractivity contribution in [2.75, 3.05) is 7.11 Å². The van der Waals surface area contributed by atoms with Crippen molar-refractivity contribution in [3.8, 4) is 5.75 Å². The Balaban J connectivity index is 2.55. The van der Waals surface area contributed by atoms with Gasteiger partial charge in [-0.2, -0.15) is 4.99 Å². The quantitative estimate of drug-likeness (QED) is 0.479. The van der Waals surface area contributed by atoms with Gasteiger partial charge in [-0.05, 0) is 43.8 Å². The number of ether oxygens (including phenoxy) is 1. The maximum atomic E-state index is 12.7. The third kappa shape index (κ3) is 2.70. The minimum absolute atomic E-state index is 0.0743. The molecule has 0 bridgehead atoms. The second kappa shape index (κ2) is 6.09. The largest absolute Gasteiger partial charge is 0.497 e. The first-order valence-corrected chi connectivity index (χ1v) is 7.17. The molecular formula is C15H13NO2S2. The standard InChI is InChI=1S/C15H13NO2S2/c1-9-10(2)20-15(16-8-19)13(9)14(17)11-5-4-6-12(7-11)18-3/h4-7H,1-3H3. The van der Waals surface area contributed by atoms with Crippen LogP contribution in [0.4, 0.5) is 5.00 Å². The molecule has 0 spiro atoms. The number of hydrogen-bond donors (Lipinski definition) is 0. The van der Waals surface area contributed by atoms with Gasteiger partial charge in [-0.1, -0.05) is 12.1 Å². The summed E-state index contributed by atoms with van der Waals surface area (Å²) in [5.41, 5.74) is 2.11. The summed E-state index contributed by atoms with van der Waals surface area (Å²) >= 11 is 6.10. The van der Waals surface area contributed by atoms with E-state index in [0.717, 1.165) is 10.4 Å². The molecule has 0 amide bonds. The van der Waals surface area contributed by atoms with E-state index in [1.807, 2.05) is 13.8 Å². The highest BCUT2D eigenvalue weighted by atomic mass is 32.1. The molecule has 5 heteroatoms. The van der Waals surface area contributed by atoms with E-state index >= 15 is 0 Å². The molecule has 3 nitrogen and oxygen atoms in total. The first-order chi connectivity index (χ1) is 9.58. The first-order valence-electron chi connectivity index (χ1n) is 5.95. The minimum Gasteiger partial charge on any atom is -0.497 e. The van der Waals surface area contributed by atoms with Crippen molar-refractivity contribution in [2.24, 2.45) is 4.99 Å². The molecule has 20 heavy (non-hydrogen) atoms. The maximum absolute atomic E-state index is 12.7. The van der Waals surface area contributed by atoms with Crippen LogP contribution in [0.3, 0.4) is 0 Å². The number of hydrogen-bond acceptors (Lipinski definition) is 5. The Bertz CT molecular complexity index is 713. The van der Waals surface area contributed by atoms with Crippen molar-refractivity contribution < 1.29 is 9.53 Å². The number of isothiocyanates is 1. The molecule has 0 atom stereocenters. The van der Waals surface area contributed by atoms with E-state index in [0.29, 0.717) is 21.9 Å². The van der Waals surface area contributed by atoms with E-state index in [1.54, 1.807) is 31.4 Å². The Hall–Kier alpha value is -1.81. The van der Waals surface area contributed by atoms with Crippen molar-refractivity contribution in [2.45, 2.75) is 13.8 Å². The van der Waals surface area contributed by atoms with Gasteiger partial charge in [0.2, 0.25) is 0 Å². The molecule has 0 saturated carbocycles. The third-order valence-electron chi connectivity index (χ3n) is 3.07. The van der Waals surface area contributed by atoms with Gasteiger partial charge in [0.25, 0.3) is 0 Å². The van der Waals surface area contributed by atoms with Crippen LogP contribution in [0, 0.1) is 13.8 Å². The molecule has 1 aromatic carbocycles. The van der Waals surface area contributed by atoms with Gasteiger partial charge < -0.3 is 4.74 Å². The van der Waals surface area contributed by atoms with E-state index in [-0.39, 0.29) is 5.78 Å². The van der Waals surface area contributed by atoms with E-state index in [1.165, 1.54) is 11.3 Å². The summed E-state index contributed by atoms with van der Waals surface area (Å²) in [5.74, 6) is 0.579. The maximum Gasteiger partial charge on any atom is 0.196 e. The van der Waals surface area contributed by atoms with Crippen LogP contribution in [0.2, 0.25) is 0 Å². The molecule has 0 saturated heterocycles. The lowest BCUT2D eigenvalue weighted by molar-refractivity contribution is 0.103. The molecule has 0 fully saturated rings. The second-order valence-electron chi connectivity index (χ2n) is 4.23. The Kier molecular flexibility index (Phi) is 4.45. The number of thiocarbonyl (C=S) groups is 1. The van der Waals surface area contributed by atoms with Crippen LogP contribution < -0.4 is 4.74 Å². The van der Waals surface area contributed by atoms with Crippen molar-refractivity contribution in [1.29, 1.82) is 0 Å². The van der Waals surface area contributed by atoms with Crippen molar-refractivity contribution >= 4 is 39.5 Å². The van der Waals surface area contributed by atoms with Gasteiger partial charge in [0.1, 0.15) is 10.8 Å². The van der Waals surface area contributed by atoms with E-state index in [4.69, 9.17) is 4.74 Å². The number of thiophene rings is 1. The summed E-state index contributed by atoms with van der Waals surface area (Å²) in [6.07, 6.45) is 0. The highest BCUT2D eigenvalue weighted by Gasteiger charge is 2.20. The van der Waals surface area contributed by atoms with E-state index in [9.17, 15) is 4.79 Å². The summed E-state index contributed by atoms with van der Waals surface area (Å²) in [5, 5.41) is 2.95. The predicted molar refractivity (Wildman–Crippen MR) is 84.9 cm³/mol.